The second-order valence-corrected chi connectivity index (χ2v) is 7.38. The van der Waals surface area contributed by atoms with Gasteiger partial charge in [0.1, 0.15) is 11.6 Å². The first kappa shape index (κ1) is 20.2. The quantitative estimate of drug-likeness (QED) is 0.618. The Morgan fingerprint density at radius 3 is 2.57 bits per heavy atom. The van der Waals surface area contributed by atoms with E-state index in [1.165, 1.54) is 17.7 Å². The maximum Gasteiger partial charge on any atom is 0.279 e. The van der Waals surface area contributed by atoms with Crippen molar-refractivity contribution >= 4 is 27.5 Å². The molecule has 1 amide bonds. The van der Waals surface area contributed by atoms with Gasteiger partial charge < -0.3 is 14.0 Å². The monoisotopic (exact) mass is 406 g/mol. The molecule has 1 heterocycles. The lowest BCUT2D eigenvalue weighted by molar-refractivity contribution is 0.0997. The lowest BCUT2D eigenvalue weighted by atomic mass is 10.2. The van der Waals surface area contributed by atoms with E-state index in [1.54, 1.807) is 24.3 Å². The Bertz CT molecular complexity index is 1060. The number of aromatic nitrogens is 1. The predicted molar refractivity (Wildman–Crippen MR) is 104 cm³/mol. The van der Waals surface area contributed by atoms with Crippen LogP contribution >= 0.6 is 11.3 Å². The summed E-state index contributed by atoms with van der Waals surface area (Å²) >= 11 is 1.05. The number of halogens is 2. The van der Waals surface area contributed by atoms with Gasteiger partial charge in [-0.25, -0.2) is 8.78 Å². The lowest BCUT2D eigenvalue weighted by Gasteiger charge is -2.09. The van der Waals surface area contributed by atoms with E-state index in [2.05, 4.69) is 4.99 Å². The molecule has 0 saturated carbocycles. The van der Waals surface area contributed by atoms with Crippen LogP contribution in [0.3, 0.4) is 0 Å². The van der Waals surface area contributed by atoms with Crippen molar-refractivity contribution in [1.82, 2.24) is 4.57 Å². The first-order chi connectivity index (χ1) is 13.4. The number of carbonyl (C=O) groups excluding carboxylic acids is 1. The maximum absolute atomic E-state index is 14.3. The number of nitrogens with zero attached hydrogens (tertiary/aromatic N) is 2. The molecule has 0 bridgehead atoms. The normalized spacial score (nSPS) is 12.1. The summed E-state index contributed by atoms with van der Waals surface area (Å²) < 4.78 is 40.4. The van der Waals surface area contributed by atoms with Gasteiger partial charge in [-0.1, -0.05) is 11.3 Å². The summed E-state index contributed by atoms with van der Waals surface area (Å²) in [6.45, 7) is 4.41. The topological polar surface area (TPSA) is 52.8 Å². The van der Waals surface area contributed by atoms with Gasteiger partial charge in [-0.3, -0.25) is 4.79 Å². The Labute approximate surface area is 164 Å². The number of fused-ring (bicyclic) bond motifs is 1. The average Bonchev–Trinajstić information content (AvgIpc) is 2.97. The highest BCUT2D eigenvalue weighted by molar-refractivity contribution is 7.16. The number of benzene rings is 2. The Morgan fingerprint density at radius 1 is 1.21 bits per heavy atom. The van der Waals surface area contributed by atoms with Crippen molar-refractivity contribution in [2.45, 2.75) is 26.5 Å². The van der Waals surface area contributed by atoms with Crippen LogP contribution in [-0.4, -0.2) is 30.3 Å². The highest BCUT2D eigenvalue weighted by atomic mass is 32.1. The van der Waals surface area contributed by atoms with Crippen LogP contribution < -0.4 is 9.54 Å². The summed E-state index contributed by atoms with van der Waals surface area (Å²) in [5.41, 5.74) is 0.578. The van der Waals surface area contributed by atoms with Crippen molar-refractivity contribution in [1.29, 1.82) is 0 Å². The van der Waals surface area contributed by atoms with Crippen molar-refractivity contribution in [3.8, 4) is 5.75 Å². The average molecular weight is 406 g/mol. The van der Waals surface area contributed by atoms with Gasteiger partial charge in [0.25, 0.3) is 5.91 Å². The number of hydrogen-bond donors (Lipinski definition) is 0. The van der Waals surface area contributed by atoms with Crippen LogP contribution in [0.2, 0.25) is 0 Å². The van der Waals surface area contributed by atoms with E-state index < -0.39 is 17.5 Å². The number of amides is 1. The molecular weight excluding hydrogens is 386 g/mol. The van der Waals surface area contributed by atoms with Gasteiger partial charge >= 0.3 is 0 Å². The summed E-state index contributed by atoms with van der Waals surface area (Å²) in [6.07, 6.45) is 0.0276. The Morgan fingerprint density at radius 2 is 1.93 bits per heavy atom. The fourth-order valence-electron chi connectivity index (χ4n) is 2.70. The summed E-state index contributed by atoms with van der Waals surface area (Å²) in [7, 11) is 1.52. The minimum atomic E-state index is -0.702. The largest absolute Gasteiger partial charge is 0.491 e. The molecule has 0 fully saturated rings. The molecule has 0 N–H and O–H groups in total. The van der Waals surface area contributed by atoms with Crippen molar-refractivity contribution in [3.63, 3.8) is 0 Å². The number of carbonyl (C=O) groups is 1. The van der Waals surface area contributed by atoms with E-state index in [0.717, 1.165) is 17.4 Å². The molecule has 0 aliphatic carbocycles. The molecule has 0 atom stereocenters. The fourth-order valence-corrected chi connectivity index (χ4v) is 3.80. The summed E-state index contributed by atoms with van der Waals surface area (Å²) in [4.78, 5) is 17.0. The number of thiazole rings is 1. The van der Waals surface area contributed by atoms with E-state index in [1.807, 2.05) is 13.8 Å². The Kier molecular flexibility index (Phi) is 6.21. The highest BCUT2D eigenvalue weighted by Gasteiger charge is 2.14. The van der Waals surface area contributed by atoms with Crippen LogP contribution in [-0.2, 0) is 11.3 Å². The number of rotatable bonds is 6. The number of ether oxygens (including phenoxy) is 2. The second-order valence-electron chi connectivity index (χ2n) is 6.37. The van der Waals surface area contributed by atoms with Crippen LogP contribution in [0.25, 0.3) is 10.2 Å². The number of hydrogen-bond acceptors (Lipinski definition) is 4. The van der Waals surface area contributed by atoms with Crippen LogP contribution in [0.5, 0.6) is 5.75 Å². The molecule has 28 heavy (non-hydrogen) atoms. The lowest BCUT2D eigenvalue weighted by Crippen LogP contribution is -2.20. The van der Waals surface area contributed by atoms with Gasteiger partial charge in [0.15, 0.2) is 10.6 Å². The molecule has 0 aliphatic heterocycles. The molecule has 0 spiro atoms. The molecule has 1 aromatic heterocycles. The van der Waals surface area contributed by atoms with Gasteiger partial charge in [0.2, 0.25) is 0 Å². The van der Waals surface area contributed by atoms with Gasteiger partial charge in [0, 0.05) is 25.3 Å². The molecule has 148 valence electrons. The van der Waals surface area contributed by atoms with Gasteiger partial charge in [-0.05, 0) is 44.2 Å². The van der Waals surface area contributed by atoms with Gasteiger partial charge in [0.05, 0.1) is 22.9 Å². The third kappa shape index (κ3) is 4.45. The van der Waals surface area contributed by atoms with Crippen molar-refractivity contribution in [2.24, 2.45) is 4.99 Å². The van der Waals surface area contributed by atoms with E-state index in [-0.39, 0.29) is 23.0 Å². The van der Waals surface area contributed by atoms with E-state index in [9.17, 15) is 13.6 Å². The first-order valence-corrected chi connectivity index (χ1v) is 9.54. The standard InChI is InChI=1S/C20H20F2N2O3S/c1-12(2)27-15-6-4-13(5-7-15)19(25)23-20-24(8-9-26-3)18-16(22)10-14(21)11-17(18)28-20/h4-7,10-12H,8-9H2,1-3H3. The first-order valence-electron chi connectivity index (χ1n) is 8.72. The van der Waals surface area contributed by atoms with Crippen molar-refractivity contribution in [3.05, 3.63) is 58.4 Å². The molecule has 5 nitrogen and oxygen atoms in total. The van der Waals surface area contributed by atoms with Crippen LogP contribution in [0.1, 0.15) is 24.2 Å². The molecule has 3 aromatic rings. The second kappa shape index (κ2) is 8.62. The molecule has 2 aromatic carbocycles. The smallest absolute Gasteiger partial charge is 0.279 e. The molecule has 0 aliphatic rings. The Hall–Kier alpha value is -2.58. The van der Waals surface area contributed by atoms with Gasteiger partial charge in [-0.2, -0.15) is 4.99 Å². The molecule has 0 radical (unpaired) electrons. The molecular formula is C20H20F2N2O3S. The van der Waals surface area contributed by atoms with E-state index >= 15 is 0 Å². The van der Waals surface area contributed by atoms with Crippen LogP contribution in [0.4, 0.5) is 8.78 Å². The summed E-state index contributed by atoms with van der Waals surface area (Å²) in [5.74, 6) is -1.20. The zero-order valence-electron chi connectivity index (χ0n) is 15.7. The maximum atomic E-state index is 14.3. The Balaban J connectivity index is 2.02. The van der Waals surface area contributed by atoms with E-state index in [4.69, 9.17) is 9.47 Å². The van der Waals surface area contributed by atoms with Crippen molar-refractivity contribution < 1.29 is 23.0 Å². The molecule has 0 saturated heterocycles. The minimum Gasteiger partial charge on any atom is -0.491 e. The van der Waals surface area contributed by atoms with Crippen LogP contribution in [0.15, 0.2) is 41.4 Å². The highest BCUT2D eigenvalue weighted by Crippen LogP contribution is 2.22. The SMILES string of the molecule is COCCn1c(=NC(=O)c2ccc(OC(C)C)cc2)sc2cc(F)cc(F)c21. The molecule has 0 unspecified atom stereocenters. The predicted octanol–water partition coefficient (Wildman–Crippen LogP) is 4.16. The zero-order chi connectivity index (χ0) is 20.3. The minimum absolute atomic E-state index is 0.0276. The summed E-state index contributed by atoms with van der Waals surface area (Å²) in [5, 5.41) is 0. The fraction of sp³-hybridized carbons (Fsp3) is 0.300. The van der Waals surface area contributed by atoms with Crippen LogP contribution in [0, 0.1) is 11.6 Å². The van der Waals surface area contributed by atoms with Gasteiger partial charge in [-0.15, -0.1) is 0 Å². The third-order valence-electron chi connectivity index (χ3n) is 3.88. The number of methoxy groups -OCH3 is 1. The molecule has 8 heteroatoms. The van der Waals surface area contributed by atoms with Crippen molar-refractivity contribution in [2.75, 3.05) is 13.7 Å². The zero-order valence-corrected chi connectivity index (χ0v) is 16.6. The summed E-state index contributed by atoms with van der Waals surface area (Å²) in [6, 6.07) is 8.68. The van der Waals surface area contributed by atoms with E-state index in [0.29, 0.717) is 22.6 Å². The third-order valence-corrected chi connectivity index (χ3v) is 4.91. The molecule has 3 rings (SSSR count).